The molecule has 0 aromatic rings. The summed E-state index contributed by atoms with van der Waals surface area (Å²) >= 11 is 1.13. The smallest absolute Gasteiger partial charge is 0.320 e. The van der Waals surface area contributed by atoms with E-state index >= 15 is 0 Å². The molecular weight excluding hydrogens is 416 g/mol. The van der Waals surface area contributed by atoms with E-state index in [2.05, 4.69) is 15.4 Å². The van der Waals surface area contributed by atoms with Gasteiger partial charge < -0.3 is 24.8 Å². The van der Waals surface area contributed by atoms with Crippen molar-refractivity contribution >= 4 is 41.5 Å². The summed E-state index contributed by atoms with van der Waals surface area (Å²) in [5.41, 5.74) is -1.05. The number of hydrogen-bond acceptors (Lipinski definition) is 9. The molecule has 0 aromatic heterocycles. The molecule has 1 aliphatic rings. The normalized spacial score (nSPS) is 21.7. The Kier molecular flexibility index (Phi) is 10.6. The Morgan fingerprint density at radius 3 is 2.50 bits per heavy atom. The van der Waals surface area contributed by atoms with Crippen LogP contribution in [0, 0.1) is 5.41 Å². The lowest BCUT2D eigenvalue weighted by atomic mass is 9.86. The number of ether oxygens (including phenoxy) is 3. The van der Waals surface area contributed by atoms with Crippen molar-refractivity contribution in [1.82, 2.24) is 10.6 Å². The van der Waals surface area contributed by atoms with Gasteiger partial charge in [-0.15, -0.1) is 11.8 Å². The molecule has 2 N–H and O–H groups in total. The predicted molar refractivity (Wildman–Crippen MR) is 108 cm³/mol. The monoisotopic (exact) mass is 446 g/mol. The Labute approximate surface area is 180 Å². The topological polar surface area (TPSA) is 137 Å². The molecule has 2 amide bonds. The summed E-state index contributed by atoms with van der Waals surface area (Å²) in [5.74, 6) is -2.31. The van der Waals surface area contributed by atoms with Crippen LogP contribution in [0.4, 0.5) is 0 Å². The van der Waals surface area contributed by atoms with Gasteiger partial charge in [0.25, 0.3) is 5.91 Å². The number of carbonyl (C=O) groups is 5. The highest BCUT2D eigenvalue weighted by Gasteiger charge is 2.41. The van der Waals surface area contributed by atoms with Crippen molar-refractivity contribution in [2.75, 3.05) is 32.6 Å². The summed E-state index contributed by atoms with van der Waals surface area (Å²) in [7, 11) is 1.21. The molecule has 0 spiro atoms. The van der Waals surface area contributed by atoms with Crippen LogP contribution in [0.5, 0.6) is 0 Å². The minimum absolute atomic E-state index is 0.0578. The van der Waals surface area contributed by atoms with Gasteiger partial charge in [0.05, 0.1) is 13.5 Å². The highest BCUT2D eigenvalue weighted by atomic mass is 32.2. The molecule has 1 fully saturated rings. The van der Waals surface area contributed by atoms with E-state index in [0.29, 0.717) is 12.3 Å². The van der Waals surface area contributed by atoms with E-state index in [0.717, 1.165) is 11.8 Å². The second-order valence-electron chi connectivity index (χ2n) is 7.35. The maximum atomic E-state index is 12.8. The van der Waals surface area contributed by atoms with Gasteiger partial charge >= 0.3 is 17.9 Å². The number of thioether (sulfide) groups is 1. The standard InChI is InChI=1S/C19H30N2O8S/c1-5-14(23)28-11-19(2,3)16-17(25)21-7-6-13(22)20-8-9-30-12(18(26)29-16)10-15(24)27-4/h12,16H,5-11H2,1-4H3,(H,20,22)(H,21,25)/t12?,16-/m0/s1. The van der Waals surface area contributed by atoms with Gasteiger partial charge in [0.15, 0.2) is 6.10 Å². The molecule has 170 valence electrons. The van der Waals surface area contributed by atoms with Gasteiger partial charge in [0.1, 0.15) is 11.9 Å². The van der Waals surface area contributed by atoms with E-state index in [-0.39, 0.29) is 38.3 Å². The number of carbonyl (C=O) groups excluding carboxylic acids is 5. The van der Waals surface area contributed by atoms with Crippen molar-refractivity contribution < 1.29 is 38.2 Å². The molecule has 11 heteroatoms. The minimum atomic E-state index is -1.29. The van der Waals surface area contributed by atoms with Crippen LogP contribution in [0.3, 0.4) is 0 Å². The Morgan fingerprint density at radius 2 is 1.87 bits per heavy atom. The van der Waals surface area contributed by atoms with Gasteiger partial charge in [-0.3, -0.25) is 24.0 Å². The fourth-order valence-electron chi connectivity index (χ4n) is 2.52. The van der Waals surface area contributed by atoms with Crippen LogP contribution in [0.2, 0.25) is 0 Å². The van der Waals surface area contributed by atoms with E-state index in [4.69, 9.17) is 9.47 Å². The fraction of sp³-hybridized carbons (Fsp3) is 0.737. The van der Waals surface area contributed by atoms with E-state index < -0.39 is 40.6 Å². The van der Waals surface area contributed by atoms with Crippen molar-refractivity contribution in [2.45, 2.75) is 51.4 Å². The van der Waals surface area contributed by atoms with Gasteiger partial charge in [-0.05, 0) is 0 Å². The molecule has 2 atom stereocenters. The van der Waals surface area contributed by atoms with Crippen molar-refractivity contribution in [3.63, 3.8) is 0 Å². The van der Waals surface area contributed by atoms with Crippen LogP contribution in [-0.2, 0) is 38.2 Å². The summed E-state index contributed by atoms with van der Waals surface area (Å²) in [5, 5.41) is 4.35. The molecule has 1 heterocycles. The fourth-order valence-corrected chi connectivity index (χ4v) is 3.47. The average Bonchev–Trinajstić information content (AvgIpc) is 2.71. The number of nitrogens with one attached hydrogen (secondary N) is 2. The first-order valence-electron chi connectivity index (χ1n) is 9.69. The zero-order valence-corrected chi connectivity index (χ0v) is 18.6. The molecule has 1 unspecified atom stereocenters. The highest BCUT2D eigenvalue weighted by Crippen LogP contribution is 2.27. The van der Waals surface area contributed by atoms with Gasteiger partial charge in [-0.1, -0.05) is 20.8 Å². The minimum Gasteiger partial charge on any atom is -0.469 e. The zero-order chi connectivity index (χ0) is 22.7. The average molecular weight is 447 g/mol. The van der Waals surface area contributed by atoms with Crippen molar-refractivity contribution in [3.8, 4) is 0 Å². The first kappa shape index (κ1) is 25.7. The van der Waals surface area contributed by atoms with Crippen LogP contribution in [0.25, 0.3) is 0 Å². The summed E-state index contributed by atoms with van der Waals surface area (Å²) in [6.45, 7) is 5.09. The molecule has 1 rings (SSSR count). The third-order valence-electron chi connectivity index (χ3n) is 4.31. The number of rotatable bonds is 6. The Morgan fingerprint density at radius 1 is 1.17 bits per heavy atom. The lowest BCUT2D eigenvalue weighted by Gasteiger charge is -2.33. The van der Waals surface area contributed by atoms with Crippen LogP contribution >= 0.6 is 11.8 Å². The maximum Gasteiger partial charge on any atom is 0.320 e. The SMILES string of the molecule is CCC(=O)OCC(C)(C)[C@H]1OC(=O)C(CC(=O)OC)SCCNC(=O)CCNC1=O. The third-order valence-corrected chi connectivity index (χ3v) is 5.51. The largest absolute Gasteiger partial charge is 0.469 e. The number of cyclic esters (lactones) is 1. The van der Waals surface area contributed by atoms with Crippen molar-refractivity contribution in [1.29, 1.82) is 0 Å². The lowest BCUT2D eigenvalue weighted by Crippen LogP contribution is -2.50. The second kappa shape index (κ2) is 12.4. The molecule has 0 aliphatic carbocycles. The van der Waals surface area contributed by atoms with Gasteiger partial charge in [0.2, 0.25) is 5.91 Å². The van der Waals surface area contributed by atoms with E-state index in [9.17, 15) is 24.0 Å². The second-order valence-corrected chi connectivity index (χ2v) is 8.66. The number of amides is 2. The van der Waals surface area contributed by atoms with Gasteiger partial charge in [-0.25, -0.2) is 0 Å². The molecule has 0 saturated carbocycles. The van der Waals surface area contributed by atoms with E-state index in [1.807, 2.05) is 0 Å². The maximum absolute atomic E-state index is 12.8. The number of esters is 3. The Balaban J connectivity index is 3.09. The van der Waals surface area contributed by atoms with Gasteiger partial charge in [0, 0.05) is 37.1 Å². The van der Waals surface area contributed by atoms with Crippen molar-refractivity contribution in [2.24, 2.45) is 5.41 Å². The third kappa shape index (κ3) is 8.60. The quantitative estimate of drug-likeness (QED) is 0.432. The Bertz CT molecular complexity index is 652. The zero-order valence-electron chi connectivity index (χ0n) is 17.8. The van der Waals surface area contributed by atoms with Crippen molar-refractivity contribution in [3.05, 3.63) is 0 Å². The molecule has 0 radical (unpaired) electrons. The molecule has 1 saturated heterocycles. The molecular formula is C19H30N2O8S. The summed E-state index contributed by atoms with van der Waals surface area (Å²) < 4.78 is 15.3. The van der Waals surface area contributed by atoms with Crippen LogP contribution in [-0.4, -0.2) is 73.6 Å². The van der Waals surface area contributed by atoms with E-state index in [1.54, 1.807) is 20.8 Å². The summed E-state index contributed by atoms with van der Waals surface area (Å²) in [6, 6.07) is 0. The Hall–Kier alpha value is -2.30. The van der Waals surface area contributed by atoms with Crippen LogP contribution < -0.4 is 10.6 Å². The van der Waals surface area contributed by atoms with Gasteiger partial charge in [-0.2, -0.15) is 0 Å². The highest BCUT2D eigenvalue weighted by molar-refractivity contribution is 8.00. The summed E-state index contributed by atoms with van der Waals surface area (Å²) in [6.07, 6.45) is -1.31. The lowest BCUT2D eigenvalue weighted by molar-refractivity contribution is -0.169. The first-order valence-corrected chi connectivity index (χ1v) is 10.7. The van der Waals surface area contributed by atoms with E-state index in [1.165, 1.54) is 7.11 Å². The molecule has 0 bridgehead atoms. The first-order chi connectivity index (χ1) is 14.1. The van der Waals surface area contributed by atoms with Crippen LogP contribution in [0.1, 0.15) is 40.0 Å². The molecule has 1 aliphatic heterocycles. The molecule has 0 aromatic carbocycles. The predicted octanol–water partition coefficient (Wildman–Crippen LogP) is 0.179. The molecule has 10 nitrogen and oxygen atoms in total. The molecule has 30 heavy (non-hydrogen) atoms. The summed E-state index contributed by atoms with van der Waals surface area (Å²) in [4.78, 5) is 60.7. The number of methoxy groups -OCH3 is 1. The van der Waals surface area contributed by atoms with Crippen LogP contribution in [0.15, 0.2) is 0 Å². The number of hydrogen-bond donors (Lipinski definition) is 2.